The van der Waals surface area contributed by atoms with E-state index in [0.29, 0.717) is 37.5 Å². The smallest absolute Gasteiger partial charge is 0.253 e. The molecule has 142 valence electrons. The van der Waals surface area contributed by atoms with Crippen LogP contribution >= 0.6 is 11.8 Å². The fourth-order valence-electron chi connectivity index (χ4n) is 3.10. The van der Waals surface area contributed by atoms with Gasteiger partial charge in [0.15, 0.2) is 0 Å². The maximum Gasteiger partial charge on any atom is 0.253 e. The summed E-state index contributed by atoms with van der Waals surface area (Å²) in [6.45, 7) is 4.36. The first-order valence-electron chi connectivity index (χ1n) is 9.05. The van der Waals surface area contributed by atoms with E-state index in [9.17, 15) is 14.0 Å². The van der Waals surface area contributed by atoms with Gasteiger partial charge in [-0.2, -0.15) is 0 Å². The van der Waals surface area contributed by atoms with Gasteiger partial charge in [-0.15, -0.1) is 11.8 Å². The van der Waals surface area contributed by atoms with Gasteiger partial charge in [-0.25, -0.2) is 4.39 Å². The number of thioether (sulfide) groups is 1. The standard InChI is InChI=1S/C21H23FN2O2S/c1-16-4-2-5-17(14-16)21(26)24-11-3-10-23(12-13-24)20(25)15-27-19-8-6-18(22)7-9-19/h2,4-9,14H,3,10-13,15H2,1H3. The normalized spacial score (nSPS) is 14.7. The summed E-state index contributed by atoms with van der Waals surface area (Å²) in [7, 11) is 0. The van der Waals surface area contributed by atoms with Crippen molar-refractivity contribution in [1.82, 2.24) is 9.80 Å². The minimum absolute atomic E-state index is 0.0219. The molecule has 0 unspecified atom stereocenters. The van der Waals surface area contributed by atoms with Crippen LogP contribution in [0.25, 0.3) is 0 Å². The van der Waals surface area contributed by atoms with Gasteiger partial charge in [0.1, 0.15) is 5.82 Å². The zero-order valence-electron chi connectivity index (χ0n) is 15.4. The monoisotopic (exact) mass is 386 g/mol. The number of nitrogens with zero attached hydrogens (tertiary/aromatic N) is 2. The summed E-state index contributed by atoms with van der Waals surface area (Å²) in [4.78, 5) is 29.7. The van der Waals surface area contributed by atoms with Gasteiger partial charge in [-0.3, -0.25) is 9.59 Å². The Bertz CT molecular complexity index is 810. The molecular weight excluding hydrogens is 363 g/mol. The van der Waals surface area contributed by atoms with Gasteiger partial charge in [0.05, 0.1) is 5.75 Å². The molecule has 0 spiro atoms. The lowest BCUT2D eigenvalue weighted by Crippen LogP contribution is -2.38. The highest BCUT2D eigenvalue weighted by molar-refractivity contribution is 8.00. The number of hydrogen-bond acceptors (Lipinski definition) is 3. The van der Waals surface area contributed by atoms with Crippen LogP contribution in [0.15, 0.2) is 53.4 Å². The number of hydrogen-bond donors (Lipinski definition) is 0. The predicted octanol–water partition coefficient (Wildman–Crippen LogP) is 3.60. The zero-order valence-corrected chi connectivity index (χ0v) is 16.2. The Labute approximate surface area is 163 Å². The second kappa shape index (κ2) is 9.04. The van der Waals surface area contributed by atoms with E-state index in [1.165, 1.54) is 23.9 Å². The molecule has 3 rings (SSSR count). The van der Waals surface area contributed by atoms with Gasteiger partial charge in [-0.1, -0.05) is 17.7 Å². The maximum absolute atomic E-state index is 13.0. The SMILES string of the molecule is Cc1cccc(C(=O)N2CCCN(C(=O)CSc3ccc(F)cc3)CC2)c1. The van der Waals surface area contributed by atoms with E-state index in [-0.39, 0.29) is 17.6 Å². The highest BCUT2D eigenvalue weighted by atomic mass is 32.2. The third kappa shape index (κ3) is 5.32. The Kier molecular flexibility index (Phi) is 6.50. The Hall–Kier alpha value is -2.34. The fraction of sp³-hybridized carbons (Fsp3) is 0.333. The molecule has 2 aromatic rings. The largest absolute Gasteiger partial charge is 0.340 e. The third-order valence-electron chi connectivity index (χ3n) is 4.58. The Morgan fingerprint density at radius 3 is 2.44 bits per heavy atom. The second-order valence-electron chi connectivity index (χ2n) is 6.64. The molecule has 27 heavy (non-hydrogen) atoms. The number of aryl methyl sites for hydroxylation is 1. The van der Waals surface area contributed by atoms with Crippen molar-refractivity contribution in [1.29, 1.82) is 0 Å². The Balaban J connectivity index is 1.53. The van der Waals surface area contributed by atoms with Crippen LogP contribution in [0.3, 0.4) is 0 Å². The quantitative estimate of drug-likeness (QED) is 0.754. The molecule has 1 saturated heterocycles. The average Bonchev–Trinajstić information content (AvgIpc) is 2.93. The summed E-state index contributed by atoms with van der Waals surface area (Å²) < 4.78 is 13.0. The zero-order chi connectivity index (χ0) is 19.2. The molecule has 1 heterocycles. The van der Waals surface area contributed by atoms with Crippen LogP contribution in [0.5, 0.6) is 0 Å². The molecule has 1 aliphatic rings. The van der Waals surface area contributed by atoms with Crippen molar-refractivity contribution in [3.63, 3.8) is 0 Å². The number of halogens is 1. The molecule has 0 aromatic heterocycles. The minimum Gasteiger partial charge on any atom is -0.340 e. The summed E-state index contributed by atoms with van der Waals surface area (Å²) >= 11 is 1.40. The van der Waals surface area contributed by atoms with Crippen LogP contribution in [0.1, 0.15) is 22.3 Å². The van der Waals surface area contributed by atoms with Crippen LogP contribution < -0.4 is 0 Å². The maximum atomic E-state index is 13.0. The van der Waals surface area contributed by atoms with Crippen molar-refractivity contribution in [2.45, 2.75) is 18.2 Å². The van der Waals surface area contributed by atoms with Crippen LogP contribution in [-0.2, 0) is 4.79 Å². The first-order chi connectivity index (χ1) is 13.0. The number of amides is 2. The molecule has 0 aliphatic carbocycles. The number of rotatable bonds is 4. The second-order valence-corrected chi connectivity index (χ2v) is 7.69. The summed E-state index contributed by atoms with van der Waals surface area (Å²) in [6, 6.07) is 13.7. The molecule has 0 radical (unpaired) electrons. The van der Waals surface area contributed by atoms with Gasteiger partial charge in [0, 0.05) is 36.6 Å². The van der Waals surface area contributed by atoms with Crippen molar-refractivity contribution in [3.05, 3.63) is 65.5 Å². The number of benzene rings is 2. The molecule has 0 atom stereocenters. The molecule has 4 nitrogen and oxygen atoms in total. The minimum atomic E-state index is -0.281. The Morgan fingerprint density at radius 1 is 1.00 bits per heavy atom. The van der Waals surface area contributed by atoms with Gasteiger partial charge in [-0.05, 0) is 49.7 Å². The van der Waals surface area contributed by atoms with Gasteiger partial charge >= 0.3 is 0 Å². The van der Waals surface area contributed by atoms with E-state index >= 15 is 0 Å². The van der Waals surface area contributed by atoms with Crippen molar-refractivity contribution in [2.75, 3.05) is 31.9 Å². The van der Waals surface area contributed by atoms with Crippen molar-refractivity contribution >= 4 is 23.6 Å². The van der Waals surface area contributed by atoms with Crippen molar-refractivity contribution in [3.8, 4) is 0 Å². The molecule has 0 N–H and O–H groups in total. The molecule has 0 saturated carbocycles. The number of carbonyl (C=O) groups excluding carboxylic acids is 2. The van der Waals surface area contributed by atoms with Gasteiger partial charge in [0.25, 0.3) is 5.91 Å². The van der Waals surface area contributed by atoms with E-state index in [0.717, 1.165) is 16.9 Å². The molecular formula is C21H23FN2O2S. The van der Waals surface area contributed by atoms with E-state index in [1.807, 2.05) is 41.0 Å². The van der Waals surface area contributed by atoms with E-state index in [2.05, 4.69) is 0 Å². The van der Waals surface area contributed by atoms with Crippen LogP contribution in [-0.4, -0.2) is 53.5 Å². The van der Waals surface area contributed by atoms with Crippen LogP contribution in [0.4, 0.5) is 4.39 Å². The molecule has 2 amide bonds. The summed E-state index contributed by atoms with van der Waals surface area (Å²) in [5.74, 6) is 0.108. The highest BCUT2D eigenvalue weighted by Gasteiger charge is 2.22. The lowest BCUT2D eigenvalue weighted by atomic mass is 10.1. The summed E-state index contributed by atoms with van der Waals surface area (Å²) in [5.41, 5.74) is 1.76. The molecule has 1 fully saturated rings. The molecule has 6 heteroatoms. The summed E-state index contributed by atoms with van der Waals surface area (Å²) in [5, 5.41) is 0. The average molecular weight is 386 g/mol. The molecule has 1 aliphatic heterocycles. The first kappa shape index (κ1) is 19.4. The lowest BCUT2D eigenvalue weighted by Gasteiger charge is -2.22. The fourth-order valence-corrected chi connectivity index (χ4v) is 3.90. The van der Waals surface area contributed by atoms with E-state index < -0.39 is 0 Å². The highest BCUT2D eigenvalue weighted by Crippen LogP contribution is 2.19. The molecule has 2 aromatic carbocycles. The van der Waals surface area contributed by atoms with E-state index in [4.69, 9.17) is 0 Å². The topological polar surface area (TPSA) is 40.6 Å². The van der Waals surface area contributed by atoms with Crippen LogP contribution in [0, 0.1) is 12.7 Å². The molecule has 0 bridgehead atoms. The van der Waals surface area contributed by atoms with Gasteiger partial charge in [0.2, 0.25) is 5.91 Å². The van der Waals surface area contributed by atoms with E-state index in [1.54, 1.807) is 12.1 Å². The predicted molar refractivity (Wildman–Crippen MR) is 105 cm³/mol. The summed E-state index contributed by atoms with van der Waals surface area (Å²) in [6.07, 6.45) is 0.768. The lowest BCUT2D eigenvalue weighted by molar-refractivity contribution is -0.128. The number of carbonyl (C=O) groups is 2. The third-order valence-corrected chi connectivity index (χ3v) is 5.57. The Morgan fingerprint density at radius 2 is 1.70 bits per heavy atom. The first-order valence-corrected chi connectivity index (χ1v) is 10.0. The van der Waals surface area contributed by atoms with Crippen molar-refractivity contribution < 1.29 is 14.0 Å². The van der Waals surface area contributed by atoms with Crippen LogP contribution in [0.2, 0.25) is 0 Å². The van der Waals surface area contributed by atoms with Crippen molar-refractivity contribution in [2.24, 2.45) is 0 Å². The van der Waals surface area contributed by atoms with Gasteiger partial charge < -0.3 is 9.80 Å².